The second-order valence-electron chi connectivity index (χ2n) is 7.39. The van der Waals surface area contributed by atoms with E-state index in [4.69, 9.17) is 26.5 Å². The molecule has 0 fully saturated rings. The Morgan fingerprint density at radius 1 is 1.21 bits per heavy atom. The fourth-order valence-corrected chi connectivity index (χ4v) is 5.33. The number of sulfonamides is 1. The number of fused-ring (bicyclic) bond motifs is 1. The number of rotatable bonds is 7. The van der Waals surface area contributed by atoms with Gasteiger partial charge in [-0.25, -0.2) is 18.5 Å². The average Bonchev–Trinajstić information content (AvgIpc) is 3.04. The predicted octanol–water partition coefficient (Wildman–Crippen LogP) is 4.91. The van der Waals surface area contributed by atoms with Gasteiger partial charge in [-0.1, -0.05) is 25.4 Å². The molecule has 3 aromatic rings. The van der Waals surface area contributed by atoms with Gasteiger partial charge < -0.3 is 4.74 Å². The van der Waals surface area contributed by atoms with Crippen LogP contribution in [0, 0.1) is 0 Å². The summed E-state index contributed by atoms with van der Waals surface area (Å²) in [5.41, 5.74) is 1.48. The minimum Gasteiger partial charge on any atom is -0.497 e. The molecule has 0 aliphatic heterocycles. The molecule has 5 nitrogen and oxygen atoms in total. The summed E-state index contributed by atoms with van der Waals surface area (Å²) in [5.74, 6) is 0.615. The lowest BCUT2D eigenvalue weighted by Crippen LogP contribution is -2.18. The number of primary sulfonamides is 1. The van der Waals surface area contributed by atoms with Crippen LogP contribution in [0.3, 0.4) is 0 Å². The summed E-state index contributed by atoms with van der Waals surface area (Å²) >= 11 is 7.73. The number of aryl methyl sites for hydroxylation is 1. The Morgan fingerprint density at radius 3 is 2.64 bits per heavy atom. The highest BCUT2D eigenvalue weighted by Crippen LogP contribution is 2.36. The maximum atomic E-state index is 11.9. The number of aromatic nitrogens is 1. The molecule has 150 valence electrons. The number of nitrogens with two attached hydrogens (primary N) is 1. The van der Waals surface area contributed by atoms with Gasteiger partial charge in [0.25, 0.3) is 0 Å². The number of hydrogen-bond donors (Lipinski definition) is 1. The monoisotopic (exact) mass is 438 g/mol. The second-order valence-corrected chi connectivity index (χ2v) is 10.4. The average molecular weight is 439 g/mol. The first-order valence-corrected chi connectivity index (χ1v) is 11.6. The van der Waals surface area contributed by atoms with Crippen LogP contribution in [0.5, 0.6) is 5.75 Å². The number of nitrogens with zero attached hydrogens (tertiary/aromatic N) is 1. The van der Waals surface area contributed by atoms with Crippen LogP contribution in [0.4, 0.5) is 0 Å². The molecule has 3 rings (SSSR count). The Hall–Kier alpha value is -1.67. The van der Waals surface area contributed by atoms with Gasteiger partial charge in [-0.3, -0.25) is 0 Å². The number of halogens is 1. The molecule has 0 saturated carbocycles. The fraction of sp³-hybridized carbons (Fsp3) is 0.350. The predicted molar refractivity (Wildman–Crippen MR) is 115 cm³/mol. The molecule has 2 N–H and O–H groups in total. The second kappa shape index (κ2) is 7.99. The van der Waals surface area contributed by atoms with Crippen molar-refractivity contribution in [3.8, 4) is 5.75 Å². The SMILES string of the molecule is COc1ccc(S(N)(=O)=O)c(CCCC(C)(C)c2nc3ccc(Cl)cc3s2)c1. The van der Waals surface area contributed by atoms with Crippen molar-refractivity contribution in [3.05, 3.63) is 52.0 Å². The van der Waals surface area contributed by atoms with E-state index in [1.54, 1.807) is 30.6 Å². The summed E-state index contributed by atoms with van der Waals surface area (Å²) in [7, 11) is -2.22. The molecule has 0 amide bonds. The molecule has 1 heterocycles. The van der Waals surface area contributed by atoms with Crippen LogP contribution < -0.4 is 9.88 Å². The zero-order valence-corrected chi connectivity index (χ0v) is 18.4. The first-order valence-electron chi connectivity index (χ1n) is 8.86. The van der Waals surface area contributed by atoms with E-state index in [-0.39, 0.29) is 10.3 Å². The third-order valence-corrected chi connectivity index (χ3v) is 7.38. The van der Waals surface area contributed by atoms with E-state index in [2.05, 4.69) is 13.8 Å². The van der Waals surface area contributed by atoms with Gasteiger partial charge >= 0.3 is 0 Å². The normalized spacial score (nSPS) is 12.5. The topological polar surface area (TPSA) is 82.3 Å². The number of thiazole rings is 1. The molecular formula is C20H23ClN2O3S2. The first kappa shape index (κ1) is 21.0. The quantitative estimate of drug-likeness (QED) is 0.568. The zero-order chi connectivity index (χ0) is 20.5. The number of methoxy groups -OCH3 is 1. The van der Waals surface area contributed by atoms with Gasteiger partial charge in [-0.15, -0.1) is 11.3 Å². The van der Waals surface area contributed by atoms with Crippen LogP contribution >= 0.6 is 22.9 Å². The highest BCUT2D eigenvalue weighted by atomic mass is 35.5. The summed E-state index contributed by atoms with van der Waals surface area (Å²) < 4.78 is 30.1. The maximum absolute atomic E-state index is 11.9. The maximum Gasteiger partial charge on any atom is 0.238 e. The zero-order valence-electron chi connectivity index (χ0n) is 16.0. The summed E-state index contributed by atoms with van der Waals surface area (Å²) in [6, 6.07) is 10.6. The molecule has 0 bridgehead atoms. The van der Waals surface area contributed by atoms with Gasteiger partial charge in [0, 0.05) is 10.4 Å². The standard InChI is InChI=1S/C20H23ClN2O3S2/c1-20(2,19-23-16-8-6-14(21)12-17(16)27-19)10-4-5-13-11-15(26-3)7-9-18(13)28(22,24)25/h6-9,11-12H,4-5,10H2,1-3H3,(H2,22,24,25). The van der Waals surface area contributed by atoms with Crippen molar-refractivity contribution in [2.45, 2.75) is 43.4 Å². The molecule has 0 atom stereocenters. The molecule has 0 saturated heterocycles. The molecule has 8 heteroatoms. The van der Waals surface area contributed by atoms with Gasteiger partial charge in [0.2, 0.25) is 10.0 Å². The third kappa shape index (κ3) is 4.66. The van der Waals surface area contributed by atoms with Crippen molar-refractivity contribution in [2.24, 2.45) is 5.14 Å². The Labute approximate surface area is 174 Å². The fourth-order valence-electron chi connectivity index (χ4n) is 3.17. The van der Waals surface area contributed by atoms with Gasteiger partial charge in [0.15, 0.2) is 0 Å². The lowest BCUT2D eigenvalue weighted by molar-refractivity contribution is 0.413. The molecular weight excluding hydrogens is 416 g/mol. The van der Waals surface area contributed by atoms with E-state index in [0.29, 0.717) is 22.8 Å². The molecule has 1 aromatic heterocycles. The highest BCUT2D eigenvalue weighted by Gasteiger charge is 2.25. The summed E-state index contributed by atoms with van der Waals surface area (Å²) in [6.45, 7) is 4.30. The smallest absolute Gasteiger partial charge is 0.238 e. The number of hydrogen-bond acceptors (Lipinski definition) is 5. The lowest BCUT2D eigenvalue weighted by atomic mass is 9.87. The van der Waals surface area contributed by atoms with Crippen molar-refractivity contribution in [1.29, 1.82) is 0 Å². The number of ether oxygens (including phenoxy) is 1. The molecule has 0 aliphatic rings. The van der Waals surface area contributed by atoms with Crippen LogP contribution in [0.15, 0.2) is 41.3 Å². The minimum atomic E-state index is -3.78. The Morgan fingerprint density at radius 2 is 1.96 bits per heavy atom. The molecule has 2 aromatic carbocycles. The molecule has 28 heavy (non-hydrogen) atoms. The van der Waals surface area contributed by atoms with Gasteiger partial charge in [0.05, 0.1) is 27.2 Å². The van der Waals surface area contributed by atoms with E-state index in [1.807, 2.05) is 18.2 Å². The Balaban J connectivity index is 1.78. The Bertz CT molecular complexity index is 1110. The van der Waals surface area contributed by atoms with E-state index in [1.165, 1.54) is 6.07 Å². The van der Waals surface area contributed by atoms with Crippen molar-refractivity contribution in [1.82, 2.24) is 4.98 Å². The molecule has 0 radical (unpaired) electrons. The summed E-state index contributed by atoms with van der Waals surface area (Å²) in [6.07, 6.45) is 2.23. The van der Waals surface area contributed by atoms with Crippen LogP contribution in [0.2, 0.25) is 5.02 Å². The van der Waals surface area contributed by atoms with E-state index in [9.17, 15) is 8.42 Å². The van der Waals surface area contributed by atoms with Gasteiger partial charge in [0.1, 0.15) is 5.75 Å². The van der Waals surface area contributed by atoms with Crippen molar-refractivity contribution in [3.63, 3.8) is 0 Å². The van der Waals surface area contributed by atoms with E-state index >= 15 is 0 Å². The summed E-state index contributed by atoms with van der Waals surface area (Å²) in [5, 5.41) is 7.11. The largest absolute Gasteiger partial charge is 0.497 e. The van der Waals surface area contributed by atoms with Gasteiger partial charge in [-0.2, -0.15) is 0 Å². The van der Waals surface area contributed by atoms with Crippen LogP contribution in [-0.2, 0) is 21.9 Å². The van der Waals surface area contributed by atoms with Crippen LogP contribution in [0.1, 0.15) is 37.3 Å². The minimum absolute atomic E-state index is 0.142. The van der Waals surface area contributed by atoms with Crippen LogP contribution in [-0.4, -0.2) is 20.5 Å². The van der Waals surface area contributed by atoms with Crippen molar-refractivity contribution in [2.75, 3.05) is 7.11 Å². The van der Waals surface area contributed by atoms with Crippen molar-refractivity contribution >= 4 is 43.2 Å². The lowest BCUT2D eigenvalue weighted by Gasteiger charge is -2.22. The first-order chi connectivity index (χ1) is 13.1. The van der Waals surface area contributed by atoms with Gasteiger partial charge in [-0.05, 0) is 61.2 Å². The highest BCUT2D eigenvalue weighted by molar-refractivity contribution is 7.89. The van der Waals surface area contributed by atoms with E-state index in [0.717, 1.165) is 28.1 Å². The van der Waals surface area contributed by atoms with Crippen LogP contribution in [0.25, 0.3) is 10.2 Å². The molecule has 0 unspecified atom stereocenters. The summed E-state index contributed by atoms with van der Waals surface area (Å²) in [4.78, 5) is 4.91. The Kier molecular flexibility index (Phi) is 6.00. The molecule has 0 aliphatic carbocycles. The number of benzene rings is 2. The van der Waals surface area contributed by atoms with Crippen molar-refractivity contribution < 1.29 is 13.2 Å². The van der Waals surface area contributed by atoms with E-state index < -0.39 is 10.0 Å². The molecule has 0 spiro atoms. The third-order valence-electron chi connectivity index (χ3n) is 4.75.